The molecule has 0 bridgehead atoms. The van der Waals surface area contributed by atoms with Crippen molar-refractivity contribution in [2.75, 3.05) is 0 Å². The molecule has 3 rings (SSSR count). The van der Waals surface area contributed by atoms with Crippen LogP contribution in [-0.2, 0) is 0 Å². The summed E-state index contributed by atoms with van der Waals surface area (Å²) in [4.78, 5) is 20.1. The van der Waals surface area contributed by atoms with Crippen molar-refractivity contribution in [2.45, 2.75) is 0 Å². The Balaban J connectivity index is 1.71. The lowest BCUT2D eigenvalue weighted by Gasteiger charge is -1.99. The lowest BCUT2D eigenvalue weighted by molar-refractivity contribution is 0.0955. The fourth-order valence-corrected chi connectivity index (χ4v) is 1.88. The number of amides is 1. The van der Waals surface area contributed by atoms with Crippen LogP contribution in [0, 0.1) is 0 Å². The van der Waals surface area contributed by atoms with Crippen LogP contribution in [0.5, 0.6) is 0 Å². The number of carbonyl (C=O) groups is 1. The predicted molar refractivity (Wildman–Crippen MR) is 81.0 cm³/mol. The van der Waals surface area contributed by atoms with Crippen molar-refractivity contribution in [1.82, 2.24) is 15.4 Å². The molecule has 0 atom stereocenters. The molecule has 0 unspecified atom stereocenters. The van der Waals surface area contributed by atoms with Crippen LogP contribution < -0.4 is 5.43 Å². The van der Waals surface area contributed by atoms with E-state index in [0.717, 1.165) is 10.9 Å². The minimum absolute atomic E-state index is 0.283. The van der Waals surface area contributed by atoms with E-state index >= 15 is 0 Å². The van der Waals surface area contributed by atoms with Gasteiger partial charge in [0.1, 0.15) is 0 Å². The third-order valence-corrected chi connectivity index (χ3v) is 2.93. The van der Waals surface area contributed by atoms with E-state index in [1.807, 2.05) is 36.4 Å². The van der Waals surface area contributed by atoms with Crippen molar-refractivity contribution >= 4 is 23.0 Å². The Kier molecular flexibility index (Phi) is 3.64. The van der Waals surface area contributed by atoms with Crippen LogP contribution in [0.1, 0.15) is 16.1 Å². The van der Waals surface area contributed by atoms with Crippen LogP contribution in [0.3, 0.4) is 0 Å². The zero-order chi connectivity index (χ0) is 14.5. The normalized spacial score (nSPS) is 10.9. The van der Waals surface area contributed by atoms with E-state index in [9.17, 15) is 4.79 Å². The van der Waals surface area contributed by atoms with Gasteiger partial charge < -0.3 is 0 Å². The third-order valence-electron chi connectivity index (χ3n) is 2.93. The standard InChI is InChI=1S/C16H12N4O/c21-16(13-7-9-17-10-8-13)20-18-11-14-6-5-12-3-1-2-4-15(12)19-14/h1-11H,(H,20,21)/b18-11+. The van der Waals surface area contributed by atoms with E-state index in [-0.39, 0.29) is 5.91 Å². The van der Waals surface area contributed by atoms with Crippen molar-refractivity contribution < 1.29 is 4.79 Å². The number of para-hydroxylation sites is 1. The molecule has 5 heteroatoms. The molecule has 1 amide bonds. The second kappa shape index (κ2) is 5.92. The number of carbonyl (C=O) groups excluding carboxylic acids is 1. The summed E-state index contributed by atoms with van der Waals surface area (Å²) in [5.41, 5.74) is 4.54. The van der Waals surface area contributed by atoms with Gasteiger partial charge in [0, 0.05) is 23.3 Å². The van der Waals surface area contributed by atoms with E-state index in [1.165, 1.54) is 6.21 Å². The molecule has 0 saturated heterocycles. The molecule has 1 N–H and O–H groups in total. The molecule has 0 aliphatic carbocycles. The number of rotatable bonds is 3. The van der Waals surface area contributed by atoms with Gasteiger partial charge in [0.05, 0.1) is 17.4 Å². The molecular formula is C16H12N4O. The number of nitrogens with zero attached hydrogens (tertiary/aromatic N) is 3. The molecule has 0 aliphatic rings. The highest BCUT2D eigenvalue weighted by Gasteiger charge is 2.02. The van der Waals surface area contributed by atoms with Crippen molar-refractivity contribution in [1.29, 1.82) is 0 Å². The number of aromatic nitrogens is 2. The van der Waals surface area contributed by atoms with Crippen molar-refractivity contribution in [3.8, 4) is 0 Å². The Morgan fingerprint density at radius 2 is 1.86 bits per heavy atom. The minimum Gasteiger partial charge on any atom is -0.267 e. The first-order valence-electron chi connectivity index (χ1n) is 6.42. The molecule has 21 heavy (non-hydrogen) atoms. The quantitative estimate of drug-likeness (QED) is 0.590. The molecule has 0 radical (unpaired) electrons. The van der Waals surface area contributed by atoms with Crippen LogP contribution in [0.2, 0.25) is 0 Å². The highest BCUT2D eigenvalue weighted by atomic mass is 16.2. The van der Waals surface area contributed by atoms with Gasteiger partial charge in [0.15, 0.2) is 0 Å². The van der Waals surface area contributed by atoms with Gasteiger partial charge in [-0.2, -0.15) is 5.10 Å². The van der Waals surface area contributed by atoms with Gasteiger partial charge in [-0.05, 0) is 24.3 Å². The smallest absolute Gasteiger partial charge is 0.267 e. The van der Waals surface area contributed by atoms with Crippen LogP contribution in [0.15, 0.2) is 66.0 Å². The zero-order valence-corrected chi connectivity index (χ0v) is 11.1. The largest absolute Gasteiger partial charge is 0.271 e. The molecule has 102 valence electrons. The Labute approximate surface area is 121 Å². The molecule has 2 aromatic heterocycles. The number of fused-ring (bicyclic) bond motifs is 1. The molecule has 2 heterocycles. The molecule has 0 spiro atoms. The molecule has 0 saturated carbocycles. The highest BCUT2D eigenvalue weighted by Crippen LogP contribution is 2.10. The summed E-state index contributed by atoms with van der Waals surface area (Å²) in [5, 5.41) is 4.98. The highest BCUT2D eigenvalue weighted by molar-refractivity contribution is 5.94. The second-order valence-electron chi connectivity index (χ2n) is 4.36. The van der Waals surface area contributed by atoms with Crippen LogP contribution in [0.4, 0.5) is 0 Å². The molecule has 0 fully saturated rings. The summed E-state index contributed by atoms with van der Waals surface area (Å²) in [6.07, 6.45) is 4.64. The SMILES string of the molecule is O=C(N/N=C/c1ccc2ccccc2n1)c1ccncc1. The van der Waals surface area contributed by atoms with E-state index in [0.29, 0.717) is 11.3 Å². The van der Waals surface area contributed by atoms with Gasteiger partial charge >= 0.3 is 0 Å². The average molecular weight is 276 g/mol. The summed E-state index contributed by atoms with van der Waals surface area (Å²) < 4.78 is 0. The number of nitrogens with one attached hydrogen (secondary N) is 1. The topological polar surface area (TPSA) is 67.2 Å². The lowest BCUT2D eigenvalue weighted by atomic mass is 10.2. The minimum atomic E-state index is -0.283. The fraction of sp³-hybridized carbons (Fsp3) is 0. The fourth-order valence-electron chi connectivity index (χ4n) is 1.88. The molecular weight excluding hydrogens is 264 g/mol. The van der Waals surface area contributed by atoms with E-state index in [1.54, 1.807) is 24.5 Å². The molecule has 3 aromatic rings. The van der Waals surface area contributed by atoms with Gasteiger partial charge in [-0.15, -0.1) is 0 Å². The Hall–Kier alpha value is -3.08. The molecule has 0 aliphatic heterocycles. The van der Waals surface area contributed by atoms with Gasteiger partial charge in [0.25, 0.3) is 5.91 Å². The van der Waals surface area contributed by atoms with Crippen molar-refractivity contribution in [3.63, 3.8) is 0 Å². The first-order valence-corrected chi connectivity index (χ1v) is 6.42. The molecule has 5 nitrogen and oxygen atoms in total. The maximum absolute atomic E-state index is 11.8. The summed E-state index contributed by atoms with van der Waals surface area (Å²) in [6.45, 7) is 0. The summed E-state index contributed by atoms with van der Waals surface area (Å²) >= 11 is 0. The Morgan fingerprint density at radius 3 is 2.71 bits per heavy atom. The van der Waals surface area contributed by atoms with E-state index in [2.05, 4.69) is 20.5 Å². The molecule has 1 aromatic carbocycles. The van der Waals surface area contributed by atoms with E-state index in [4.69, 9.17) is 0 Å². The van der Waals surface area contributed by atoms with Crippen LogP contribution >= 0.6 is 0 Å². The summed E-state index contributed by atoms with van der Waals surface area (Å²) in [6, 6.07) is 14.9. The summed E-state index contributed by atoms with van der Waals surface area (Å²) in [7, 11) is 0. The summed E-state index contributed by atoms with van der Waals surface area (Å²) in [5.74, 6) is -0.283. The van der Waals surface area contributed by atoms with E-state index < -0.39 is 0 Å². The predicted octanol–water partition coefficient (Wildman–Crippen LogP) is 2.39. The number of hydrogen-bond acceptors (Lipinski definition) is 4. The first-order chi connectivity index (χ1) is 10.3. The van der Waals surface area contributed by atoms with Crippen LogP contribution in [0.25, 0.3) is 10.9 Å². The second-order valence-corrected chi connectivity index (χ2v) is 4.36. The van der Waals surface area contributed by atoms with Gasteiger partial charge in [-0.3, -0.25) is 9.78 Å². The lowest BCUT2D eigenvalue weighted by Crippen LogP contribution is -2.17. The third kappa shape index (κ3) is 3.09. The van der Waals surface area contributed by atoms with Crippen molar-refractivity contribution in [2.24, 2.45) is 5.10 Å². The number of benzene rings is 1. The maximum atomic E-state index is 11.8. The van der Waals surface area contributed by atoms with Crippen LogP contribution in [-0.4, -0.2) is 22.1 Å². The Morgan fingerprint density at radius 1 is 1.05 bits per heavy atom. The number of hydrogen-bond donors (Lipinski definition) is 1. The van der Waals surface area contributed by atoms with Gasteiger partial charge in [-0.25, -0.2) is 10.4 Å². The number of pyridine rings is 2. The van der Waals surface area contributed by atoms with Crippen molar-refractivity contribution in [3.05, 3.63) is 72.2 Å². The average Bonchev–Trinajstić information content (AvgIpc) is 2.55. The Bertz CT molecular complexity index is 799. The van der Waals surface area contributed by atoms with Gasteiger partial charge in [0.2, 0.25) is 0 Å². The maximum Gasteiger partial charge on any atom is 0.271 e. The first kappa shape index (κ1) is 12.9. The number of hydrazone groups is 1. The zero-order valence-electron chi connectivity index (χ0n) is 11.1. The monoisotopic (exact) mass is 276 g/mol. The van der Waals surface area contributed by atoms with Gasteiger partial charge in [-0.1, -0.05) is 24.3 Å².